The van der Waals surface area contributed by atoms with Gasteiger partial charge in [0.25, 0.3) is 5.56 Å². The van der Waals surface area contributed by atoms with Crippen molar-refractivity contribution in [3.05, 3.63) is 92.7 Å². The maximum Gasteiger partial charge on any atom is 0.255 e. The summed E-state index contributed by atoms with van der Waals surface area (Å²) in [6.07, 6.45) is 1.55. The highest BCUT2D eigenvalue weighted by atomic mass is 35.5. The lowest BCUT2D eigenvalue weighted by atomic mass is 10.1. The predicted molar refractivity (Wildman–Crippen MR) is 113 cm³/mol. The summed E-state index contributed by atoms with van der Waals surface area (Å²) in [6, 6.07) is 9.48. The number of aliphatic hydroxyl groups is 1. The average molecular weight is 443 g/mol. The molecule has 5 nitrogen and oxygen atoms in total. The van der Waals surface area contributed by atoms with Crippen molar-refractivity contribution in [1.29, 1.82) is 0 Å². The molecule has 158 valence electrons. The van der Waals surface area contributed by atoms with E-state index in [-0.39, 0.29) is 28.5 Å². The Morgan fingerprint density at radius 2 is 1.81 bits per heavy atom. The van der Waals surface area contributed by atoms with Crippen LogP contribution in [0.3, 0.4) is 0 Å². The number of rotatable bonds is 4. The molecule has 2 heterocycles. The first-order valence-corrected chi connectivity index (χ1v) is 9.72. The Morgan fingerprint density at radius 1 is 1.10 bits per heavy atom. The number of benzene rings is 2. The highest BCUT2D eigenvalue weighted by molar-refractivity contribution is 6.30. The lowest BCUT2D eigenvalue weighted by Crippen LogP contribution is -2.18. The van der Waals surface area contributed by atoms with Gasteiger partial charge in [0, 0.05) is 34.5 Å². The Kier molecular flexibility index (Phi) is 5.47. The van der Waals surface area contributed by atoms with E-state index in [0.29, 0.717) is 16.3 Å². The molecule has 0 saturated carbocycles. The van der Waals surface area contributed by atoms with Crippen LogP contribution in [-0.4, -0.2) is 14.7 Å². The average Bonchev–Trinajstić information content (AvgIpc) is 3.13. The third-order valence-electron chi connectivity index (χ3n) is 4.86. The summed E-state index contributed by atoms with van der Waals surface area (Å²) in [4.78, 5) is 16.8. The molecule has 0 aliphatic carbocycles. The van der Waals surface area contributed by atoms with E-state index in [4.69, 9.17) is 16.0 Å². The standard InChI is InChI=1S/C23H17ClF2N2O3/c1-12-7-15(24)8-13(2)22(12)28-10-14(3-6-20(28)30)23-21(27-19(11-29)31-23)17-5-4-16(25)9-18(17)26/h3-10,29H,11H2,1-2H3. The van der Waals surface area contributed by atoms with E-state index in [1.54, 1.807) is 18.3 Å². The molecule has 1 N–H and O–H groups in total. The number of aromatic nitrogens is 2. The number of halogens is 3. The summed E-state index contributed by atoms with van der Waals surface area (Å²) in [5.41, 5.74) is 2.50. The van der Waals surface area contributed by atoms with Crippen LogP contribution in [0, 0.1) is 25.5 Å². The number of hydrogen-bond donors (Lipinski definition) is 1. The molecule has 0 unspecified atom stereocenters. The Balaban J connectivity index is 1.94. The zero-order valence-corrected chi connectivity index (χ0v) is 17.4. The number of hydrogen-bond acceptors (Lipinski definition) is 4. The van der Waals surface area contributed by atoms with Crippen molar-refractivity contribution in [1.82, 2.24) is 9.55 Å². The van der Waals surface area contributed by atoms with Crippen LogP contribution in [0.2, 0.25) is 5.02 Å². The van der Waals surface area contributed by atoms with Crippen LogP contribution in [0.1, 0.15) is 17.0 Å². The number of oxazole rings is 1. The smallest absolute Gasteiger partial charge is 0.255 e. The van der Waals surface area contributed by atoms with E-state index in [1.807, 2.05) is 13.8 Å². The van der Waals surface area contributed by atoms with Crippen LogP contribution in [0.5, 0.6) is 0 Å². The van der Waals surface area contributed by atoms with Gasteiger partial charge in [0.1, 0.15) is 23.9 Å². The molecule has 0 aliphatic heterocycles. The van der Waals surface area contributed by atoms with Crippen molar-refractivity contribution in [2.45, 2.75) is 20.5 Å². The van der Waals surface area contributed by atoms with Gasteiger partial charge < -0.3 is 9.52 Å². The lowest BCUT2D eigenvalue weighted by molar-refractivity contribution is 0.241. The summed E-state index contributed by atoms with van der Waals surface area (Å²) >= 11 is 6.11. The van der Waals surface area contributed by atoms with Gasteiger partial charge in [-0.25, -0.2) is 13.8 Å². The zero-order chi connectivity index (χ0) is 22.3. The van der Waals surface area contributed by atoms with Gasteiger partial charge in [-0.1, -0.05) is 11.6 Å². The highest BCUT2D eigenvalue weighted by Crippen LogP contribution is 2.34. The predicted octanol–water partition coefficient (Wildman–Crippen LogP) is 5.20. The van der Waals surface area contributed by atoms with Crippen molar-refractivity contribution in [2.24, 2.45) is 0 Å². The number of nitrogens with zero attached hydrogens (tertiary/aromatic N) is 2. The van der Waals surface area contributed by atoms with E-state index in [2.05, 4.69) is 4.98 Å². The van der Waals surface area contributed by atoms with Crippen molar-refractivity contribution >= 4 is 11.6 Å². The van der Waals surface area contributed by atoms with E-state index in [0.717, 1.165) is 23.3 Å². The maximum absolute atomic E-state index is 14.4. The molecule has 0 bridgehead atoms. The van der Waals surface area contributed by atoms with E-state index >= 15 is 0 Å². The second-order valence-corrected chi connectivity index (χ2v) is 7.52. The minimum atomic E-state index is -0.822. The summed E-state index contributed by atoms with van der Waals surface area (Å²) < 4.78 is 34.9. The third kappa shape index (κ3) is 3.89. The fourth-order valence-electron chi connectivity index (χ4n) is 3.57. The third-order valence-corrected chi connectivity index (χ3v) is 5.08. The molecule has 4 aromatic rings. The van der Waals surface area contributed by atoms with Crippen LogP contribution in [0.25, 0.3) is 28.3 Å². The van der Waals surface area contributed by atoms with Crippen molar-refractivity contribution in [3.63, 3.8) is 0 Å². The molecular weight excluding hydrogens is 426 g/mol. The minimum Gasteiger partial charge on any atom is -0.437 e. The second kappa shape index (κ2) is 8.09. The Bertz CT molecular complexity index is 1340. The van der Waals surface area contributed by atoms with Gasteiger partial charge >= 0.3 is 0 Å². The molecule has 8 heteroatoms. The monoisotopic (exact) mass is 442 g/mol. The minimum absolute atomic E-state index is 0.0106. The molecule has 4 rings (SSSR count). The molecule has 0 fully saturated rings. The summed E-state index contributed by atoms with van der Waals surface area (Å²) in [6.45, 7) is 3.17. The highest BCUT2D eigenvalue weighted by Gasteiger charge is 2.21. The molecule has 0 radical (unpaired) electrons. The summed E-state index contributed by atoms with van der Waals surface area (Å²) in [7, 11) is 0. The molecule has 0 atom stereocenters. The summed E-state index contributed by atoms with van der Waals surface area (Å²) in [5, 5.41) is 10.0. The van der Waals surface area contributed by atoms with Gasteiger partial charge in [-0.05, 0) is 55.3 Å². The van der Waals surface area contributed by atoms with Gasteiger partial charge in [-0.3, -0.25) is 9.36 Å². The maximum atomic E-state index is 14.4. The van der Waals surface area contributed by atoms with E-state index in [1.165, 1.54) is 22.8 Å². The first-order chi connectivity index (χ1) is 14.8. The van der Waals surface area contributed by atoms with Crippen LogP contribution in [-0.2, 0) is 6.61 Å². The molecule has 31 heavy (non-hydrogen) atoms. The Hall–Kier alpha value is -3.29. The van der Waals surface area contributed by atoms with Crippen LogP contribution in [0.15, 0.2) is 57.9 Å². The van der Waals surface area contributed by atoms with Crippen LogP contribution in [0.4, 0.5) is 8.78 Å². The zero-order valence-electron chi connectivity index (χ0n) is 16.6. The Labute approximate surface area is 181 Å². The summed E-state index contributed by atoms with van der Waals surface area (Å²) in [5.74, 6) is -1.44. The second-order valence-electron chi connectivity index (χ2n) is 7.08. The molecule has 0 amide bonds. The fraction of sp³-hybridized carbons (Fsp3) is 0.130. The van der Waals surface area contributed by atoms with Crippen molar-refractivity contribution < 1.29 is 18.3 Å². The van der Waals surface area contributed by atoms with Gasteiger partial charge in [0.2, 0.25) is 5.89 Å². The molecule has 2 aromatic heterocycles. The van der Waals surface area contributed by atoms with Crippen molar-refractivity contribution in [2.75, 3.05) is 0 Å². The number of aryl methyl sites for hydroxylation is 2. The van der Waals surface area contributed by atoms with Gasteiger partial charge in [-0.2, -0.15) is 0 Å². The topological polar surface area (TPSA) is 68.3 Å². The van der Waals surface area contributed by atoms with Crippen LogP contribution >= 0.6 is 11.6 Å². The van der Waals surface area contributed by atoms with Crippen LogP contribution < -0.4 is 5.56 Å². The first kappa shape index (κ1) is 21.0. The number of pyridine rings is 1. The van der Waals surface area contributed by atoms with Gasteiger partial charge in [0.05, 0.1) is 5.69 Å². The number of aliphatic hydroxyl groups excluding tert-OH is 1. The normalized spacial score (nSPS) is 11.2. The fourth-order valence-corrected chi connectivity index (χ4v) is 3.90. The van der Waals surface area contributed by atoms with Gasteiger partial charge in [-0.15, -0.1) is 0 Å². The molecule has 0 aliphatic rings. The van der Waals surface area contributed by atoms with E-state index < -0.39 is 18.2 Å². The Morgan fingerprint density at radius 3 is 2.45 bits per heavy atom. The SMILES string of the molecule is Cc1cc(Cl)cc(C)c1-n1cc(-c2oc(CO)nc2-c2ccc(F)cc2F)ccc1=O. The first-order valence-electron chi connectivity index (χ1n) is 9.34. The quantitative estimate of drug-likeness (QED) is 0.471. The largest absolute Gasteiger partial charge is 0.437 e. The molecule has 2 aromatic carbocycles. The van der Waals surface area contributed by atoms with Gasteiger partial charge in [0.15, 0.2) is 5.76 Å². The molecule has 0 spiro atoms. The lowest BCUT2D eigenvalue weighted by Gasteiger charge is -2.14. The van der Waals surface area contributed by atoms with Crippen molar-refractivity contribution in [3.8, 4) is 28.3 Å². The molecule has 0 saturated heterocycles. The van der Waals surface area contributed by atoms with E-state index in [9.17, 15) is 18.7 Å². The molecular formula is C23H17ClF2N2O3.